The molecule has 3 N–H and O–H groups in total. The third kappa shape index (κ3) is 5.20. The van der Waals surface area contributed by atoms with E-state index in [2.05, 4.69) is 48.2 Å². The molecular weight excluding hydrogens is 497 g/mol. The second-order valence-corrected chi connectivity index (χ2v) is 12.0. The monoisotopic (exact) mass is 525 g/mol. The van der Waals surface area contributed by atoms with Gasteiger partial charge < -0.3 is 4.98 Å². The zero-order valence-electron chi connectivity index (χ0n) is 21.3. The molecule has 0 amide bonds. The van der Waals surface area contributed by atoms with Gasteiger partial charge in [0.1, 0.15) is 17.0 Å². The van der Waals surface area contributed by atoms with Crippen LogP contribution in [0.15, 0.2) is 72.6 Å². The molecule has 0 fully saturated rings. The van der Waals surface area contributed by atoms with Gasteiger partial charge in [-0.1, -0.05) is 24.4 Å². The van der Waals surface area contributed by atoms with E-state index in [4.69, 9.17) is 4.98 Å². The number of pyridine rings is 2. The molecule has 4 aromatic heterocycles. The summed E-state index contributed by atoms with van der Waals surface area (Å²) < 4.78 is 17.9. The molecule has 1 aromatic carbocycles. The SMILES string of the molecule is C=CN=C/C(=C\C)c1ccc2[nH]nc(-c3cc4c(-c5cc(F)cc(CNS(=C)(=C)C)c5)cncc4[nH]3)c2n1. The quantitative estimate of drug-likeness (QED) is 0.165. The van der Waals surface area contributed by atoms with Crippen LogP contribution in [0.5, 0.6) is 0 Å². The molecule has 0 unspecified atom stereocenters. The molecule has 0 bridgehead atoms. The summed E-state index contributed by atoms with van der Waals surface area (Å²) in [4.78, 5) is 16.8. The smallest absolute Gasteiger partial charge is 0.135 e. The molecule has 7 nitrogen and oxygen atoms in total. The molecule has 0 aliphatic heterocycles. The number of nitrogens with one attached hydrogen (secondary N) is 3. The summed E-state index contributed by atoms with van der Waals surface area (Å²) in [6.45, 7) is 6.05. The highest BCUT2D eigenvalue weighted by atomic mass is 32.2. The molecule has 4 heterocycles. The minimum Gasteiger partial charge on any atom is -0.352 e. The van der Waals surface area contributed by atoms with Crippen molar-refractivity contribution in [3.8, 4) is 22.5 Å². The van der Waals surface area contributed by atoms with Gasteiger partial charge in [-0.15, -0.1) is 0 Å². The number of hydrogen-bond donors (Lipinski definition) is 3. The number of allylic oxidation sites excluding steroid dienone is 2. The molecule has 0 radical (unpaired) electrons. The number of benzene rings is 1. The third-order valence-corrected chi connectivity index (χ3v) is 6.87. The van der Waals surface area contributed by atoms with Gasteiger partial charge in [-0.3, -0.25) is 19.8 Å². The van der Waals surface area contributed by atoms with E-state index >= 15 is 0 Å². The van der Waals surface area contributed by atoms with Crippen molar-refractivity contribution in [1.82, 2.24) is 29.9 Å². The number of aromatic amines is 2. The number of rotatable bonds is 8. The molecule has 0 aliphatic carbocycles. The lowest BCUT2D eigenvalue weighted by molar-refractivity contribution is 0.625. The van der Waals surface area contributed by atoms with Crippen LogP contribution in [0, 0.1) is 5.82 Å². The zero-order valence-corrected chi connectivity index (χ0v) is 22.1. The topological polar surface area (TPSA) is 94.6 Å². The first-order valence-corrected chi connectivity index (χ1v) is 14.3. The Morgan fingerprint density at radius 2 is 2.00 bits per heavy atom. The van der Waals surface area contributed by atoms with Crippen LogP contribution in [0.4, 0.5) is 4.39 Å². The summed E-state index contributed by atoms with van der Waals surface area (Å²) in [6, 6.07) is 10.9. The number of hydrogen-bond acceptors (Lipinski definition) is 5. The van der Waals surface area contributed by atoms with Gasteiger partial charge >= 0.3 is 0 Å². The van der Waals surface area contributed by atoms with Crippen molar-refractivity contribution in [3.63, 3.8) is 0 Å². The Kier molecular flexibility index (Phi) is 6.79. The van der Waals surface area contributed by atoms with E-state index in [0.29, 0.717) is 12.2 Å². The second-order valence-electron chi connectivity index (χ2n) is 9.14. The summed E-state index contributed by atoms with van der Waals surface area (Å²) in [5.41, 5.74) is 7.81. The first kappa shape index (κ1) is 25.3. The molecular formula is C29H28FN7S. The minimum atomic E-state index is -1.42. The van der Waals surface area contributed by atoms with E-state index in [1.165, 1.54) is 18.3 Å². The van der Waals surface area contributed by atoms with Gasteiger partial charge in [0.2, 0.25) is 0 Å². The van der Waals surface area contributed by atoms with Gasteiger partial charge in [0, 0.05) is 41.7 Å². The van der Waals surface area contributed by atoms with Crippen molar-refractivity contribution in [2.24, 2.45) is 4.99 Å². The normalized spacial score (nSPS) is 12.7. The Balaban J connectivity index is 1.59. The van der Waals surface area contributed by atoms with Gasteiger partial charge in [-0.25, -0.2) is 9.37 Å². The largest absolute Gasteiger partial charge is 0.352 e. The number of aromatic nitrogens is 5. The van der Waals surface area contributed by atoms with Crippen molar-refractivity contribution >= 4 is 54.9 Å². The van der Waals surface area contributed by atoms with Gasteiger partial charge in [0.05, 0.1) is 28.6 Å². The average molecular weight is 526 g/mol. The minimum absolute atomic E-state index is 0.313. The van der Waals surface area contributed by atoms with Crippen molar-refractivity contribution in [1.29, 1.82) is 0 Å². The van der Waals surface area contributed by atoms with Crippen LogP contribution in [0.25, 0.3) is 50.0 Å². The van der Waals surface area contributed by atoms with E-state index in [-0.39, 0.29) is 5.82 Å². The Labute approximate surface area is 220 Å². The predicted molar refractivity (Wildman–Crippen MR) is 161 cm³/mol. The van der Waals surface area contributed by atoms with Crippen molar-refractivity contribution < 1.29 is 4.39 Å². The Bertz CT molecular complexity index is 1840. The average Bonchev–Trinajstić information content (AvgIpc) is 3.51. The second kappa shape index (κ2) is 10.2. The van der Waals surface area contributed by atoms with Gasteiger partial charge in [0.15, 0.2) is 0 Å². The molecule has 0 saturated heterocycles. The molecule has 0 atom stereocenters. The molecule has 0 spiro atoms. The fourth-order valence-corrected chi connectivity index (χ4v) is 4.76. The van der Waals surface area contributed by atoms with Gasteiger partial charge in [-0.05, 0) is 60.7 Å². The Morgan fingerprint density at radius 1 is 1.16 bits per heavy atom. The number of halogens is 1. The standard InChI is InChI=1S/C29H28FN7S/c1-6-19(15-31-7-2)24-8-9-25-28(35-24)29(37-36-25)26-13-22-23(16-32-17-27(22)34-26)20-10-18(11-21(30)12-20)14-33-38(3,4)5/h6-13,15-17,33-34H,2-4,14H2,1,5H3,(H,36,37)/b19-6+,31-15?. The Hall–Kier alpha value is -4.34. The van der Waals surface area contributed by atoms with E-state index in [1.807, 2.05) is 43.5 Å². The molecule has 9 heteroatoms. The lowest BCUT2D eigenvalue weighted by atomic mass is 10.0. The van der Waals surface area contributed by atoms with Crippen LogP contribution in [-0.4, -0.2) is 49.4 Å². The lowest BCUT2D eigenvalue weighted by Crippen LogP contribution is -2.08. The summed E-state index contributed by atoms with van der Waals surface area (Å²) >= 11 is 0. The highest BCUT2D eigenvalue weighted by molar-refractivity contribution is 8.25. The maximum absolute atomic E-state index is 14.6. The van der Waals surface area contributed by atoms with Gasteiger partial charge in [-0.2, -0.15) is 14.5 Å². The number of aliphatic imine (C=N–C) groups is 1. The highest BCUT2D eigenvalue weighted by Crippen LogP contribution is 2.34. The van der Waals surface area contributed by atoms with E-state index < -0.39 is 9.39 Å². The lowest BCUT2D eigenvalue weighted by Gasteiger charge is -2.12. The molecule has 0 saturated carbocycles. The van der Waals surface area contributed by atoms with Crippen LogP contribution in [-0.2, 0) is 6.54 Å². The molecule has 38 heavy (non-hydrogen) atoms. The van der Waals surface area contributed by atoms with E-state index in [0.717, 1.165) is 55.6 Å². The number of nitrogens with zero attached hydrogens (tertiary/aromatic N) is 4. The first-order chi connectivity index (χ1) is 18.3. The van der Waals surface area contributed by atoms with Crippen molar-refractivity contribution in [3.05, 3.63) is 84.7 Å². The molecule has 5 aromatic rings. The van der Waals surface area contributed by atoms with Crippen molar-refractivity contribution in [2.45, 2.75) is 13.5 Å². The summed E-state index contributed by atoms with van der Waals surface area (Å²) in [7, 11) is -1.42. The maximum Gasteiger partial charge on any atom is 0.135 e. The fraction of sp³-hybridized carbons (Fsp3) is 0.103. The summed E-state index contributed by atoms with van der Waals surface area (Å²) in [6.07, 6.45) is 10.6. The van der Waals surface area contributed by atoms with Crippen LogP contribution < -0.4 is 4.72 Å². The summed E-state index contributed by atoms with van der Waals surface area (Å²) in [5, 5.41) is 8.51. The van der Waals surface area contributed by atoms with Crippen LogP contribution in [0.2, 0.25) is 0 Å². The van der Waals surface area contributed by atoms with Crippen LogP contribution >= 0.6 is 9.39 Å². The number of H-pyrrole nitrogens is 2. The molecule has 5 rings (SSSR count). The predicted octanol–water partition coefficient (Wildman–Crippen LogP) is 6.23. The van der Waals surface area contributed by atoms with Crippen molar-refractivity contribution in [2.75, 3.05) is 6.26 Å². The first-order valence-electron chi connectivity index (χ1n) is 11.9. The van der Waals surface area contributed by atoms with Crippen LogP contribution in [0.1, 0.15) is 18.2 Å². The van der Waals surface area contributed by atoms with Gasteiger partial charge in [0.25, 0.3) is 0 Å². The highest BCUT2D eigenvalue weighted by Gasteiger charge is 2.16. The summed E-state index contributed by atoms with van der Waals surface area (Å²) in [5.74, 6) is 7.76. The number of fused-ring (bicyclic) bond motifs is 2. The van der Waals surface area contributed by atoms with E-state index in [9.17, 15) is 4.39 Å². The molecule has 192 valence electrons. The fourth-order valence-electron chi connectivity index (χ4n) is 4.24. The van der Waals surface area contributed by atoms with E-state index in [1.54, 1.807) is 18.6 Å². The third-order valence-electron chi connectivity index (χ3n) is 6.03. The Morgan fingerprint density at radius 3 is 2.76 bits per heavy atom. The molecule has 0 aliphatic rings. The van der Waals surface area contributed by atoms with Crippen LogP contribution in [0.3, 0.4) is 0 Å². The zero-order chi connectivity index (χ0) is 26.9. The maximum atomic E-state index is 14.6.